The van der Waals surface area contributed by atoms with Gasteiger partial charge in [-0.3, -0.25) is 4.90 Å². The zero-order chi connectivity index (χ0) is 16.9. The van der Waals surface area contributed by atoms with Gasteiger partial charge in [0, 0.05) is 31.7 Å². The van der Waals surface area contributed by atoms with Gasteiger partial charge in [-0.25, -0.2) is 4.79 Å². The molecule has 130 valence electrons. The number of carbonyl (C=O) groups excluding carboxylic acids is 1. The first-order valence-corrected chi connectivity index (χ1v) is 8.76. The summed E-state index contributed by atoms with van der Waals surface area (Å²) < 4.78 is 5.38. The molecular weight excluding hydrogens is 290 g/mol. The number of alkyl carbamates (subject to hydrolysis) is 1. The molecule has 0 aromatic rings. The maximum Gasteiger partial charge on any atom is 0.407 e. The normalized spacial score (nSPS) is 21.5. The molecular formula is C18H31N3O2. The SMILES string of the molecule is C#CCN1CCC(NCC(NC(=O)OC(C)(C)C)C2CC2)CC1. The predicted octanol–water partition coefficient (Wildman–Crippen LogP) is 1.98. The van der Waals surface area contributed by atoms with Crippen LogP contribution in [0.25, 0.3) is 0 Å². The van der Waals surface area contributed by atoms with Crippen molar-refractivity contribution in [2.75, 3.05) is 26.2 Å². The molecule has 0 aromatic carbocycles. The molecule has 23 heavy (non-hydrogen) atoms. The van der Waals surface area contributed by atoms with E-state index >= 15 is 0 Å². The summed E-state index contributed by atoms with van der Waals surface area (Å²) >= 11 is 0. The molecule has 1 aliphatic carbocycles. The number of nitrogens with zero attached hydrogens (tertiary/aromatic N) is 1. The van der Waals surface area contributed by atoms with Gasteiger partial charge in [-0.15, -0.1) is 6.42 Å². The number of amides is 1. The van der Waals surface area contributed by atoms with Gasteiger partial charge in [0.05, 0.1) is 6.54 Å². The highest BCUT2D eigenvalue weighted by atomic mass is 16.6. The van der Waals surface area contributed by atoms with Gasteiger partial charge >= 0.3 is 6.09 Å². The topological polar surface area (TPSA) is 53.6 Å². The van der Waals surface area contributed by atoms with Crippen LogP contribution >= 0.6 is 0 Å². The number of ether oxygens (including phenoxy) is 1. The van der Waals surface area contributed by atoms with E-state index in [9.17, 15) is 4.79 Å². The zero-order valence-electron chi connectivity index (χ0n) is 14.7. The van der Waals surface area contributed by atoms with Gasteiger partial charge < -0.3 is 15.4 Å². The lowest BCUT2D eigenvalue weighted by molar-refractivity contribution is 0.0495. The number of piperidine rings is 1. The van der Waals surface area contributed by atoms with E-state index in [0.29, 0.717) is 12.0 Å². The highest BCUT2D eigenvalue weighted by Gasteiger charge is 2.33. The molecule has 2 rings (SSSR count). The quantitative estimate of drug-likeness (QED) is 0.735. The third-order valence-electron chi connectivity index (χ3n) is 4.42. The molecule has 1 aliphatic heterocycles. The second-order valence-corrected chi connectivity index (χ2v) is 7.75. The van der Waals surface area contributed by atoms with Crippen LogP contribution < -0.4 is 10.6 Å². The minimum atomic E-state index is -0.449. The van der Waals surface area contributed by atoms with E-state index in [-0.39, 0.29) is 12.1 Å². The summed E-state index contributed by atoms with van der Waals surface area (Å²) in [4.78, 5) is 14.3. The molecule has 1 unspecified atom stereocenters. The van der Waals surface area contributed by atoms with Crippen LogP contribution in [0.5, 0.6) is 0 Å². The fourth-order valence-electron chi connectivity index (χ4n) is 3.01. The summed E-state index contributed by atoms with van der Waals surface area (Å²) in [7, 11) is 0. The smallest absolute Gasteiger partial charge is 0.407 e. The first kappa shape index (κ1) is 18.1. The molecule has 1 amide bonds. The molecule has 2 N–H and O–H groups in total. The lowest BCUT2D eigenvalue weighted by Crippen LogP contribution is -2.50. The summed E-state index contributed by atoms with van der Waals surface area (Å²) in [5.41, 5.74) is -0.449. The summed E-state index contributed by atoms with van der Waals surface area (Å²) in [6.07, 6.45) is 9.69. The van der Waals surface area contributed by atoms with E-state index in [0.717, 1.165) is 39.0 Å². The van der Waals surface area contributed by atoms with Gasteiger partial charge in [0.2, 0.25) is 0 Å². The van der Waals surface area contributed by atoms with Crippen LogP contribution in [0.1, 0.15) is 46.5 Å². The second kappa shape index (κ2) is 8.03. The van der Waals surface area contributed by atoms with Gasteiger partial charge in [-0.2, -0.15) is 0 Å². The maximum absolute atomic E-state index is 12.0. The summed E-state index contributed by atoms with van der Waals surface area (Å²) in [5, 5.41) is 6.67. The molecule has 5 nitrogen and oxygen atoms in total. The summed E-state index contributed by atoms with van der Waals surface area (Å²) in [6.45, 7) is 9.34. The molecule has 1 atom stereocenters. The standard InChI is InChI=1S/C18H31N3O2/c1-5-10-21-11-8-15(9-12-21)19-13-16(14-6-7-14)20-17(22)23-18(2,3)4/h1,14-16,19H,6-13H2,2-4H3,(H,20,22). The molecule has 0 spiro atoms. The molecule has 0 aromatic heterocycles. The molecule has 2 fully saturated rings. The Morgan fingerprint density at radius 2 is 1.96 bits per heavy atom. The van der Waals surface area contributed by atoms with Gasteiger partial charge in [0.15, 0.2) is 0 Å². The Labute approximate surface area is 140 Å². The first-order chi connectivity index (χ1) is 10.9. The largest absolute Gasteiger partial charge is 0.444 e. The Kier molecular flexibility index (Phi) is 6.32. The van der Waals surface area contributed by atoms with Crippen molar-refractivity contribution >= 4 is 6.09 Å². The predicted molar refractivity (Wildman–Crippen MR) is 92.2 cm³/mol. The van der Waals surface area contributed by atoms with Crippen LogP contribution in [0.3, 0.4) is 0 Å². The minimum absolute atomic E-state index is 0.175. The van der Waals surface area contributed by atoms with E-state index in [1.54, 1.807) is 0 Å². The van der Waals surface area contributed by atoms with Crippen molar-refractivity contribution in [3.8, 4) is 12.3 Å². The van der Waals surface area contributed by atoms with Gasteiger partial charge in [0.25, 0.3) is 0 Å². The minimum Gasteiger partial charge on any atom is -0.444 e. The van der Waals surface area contributed by atoms with Gasteiger partial charge in [0.1, 0.15) is 5.60 Å². The number of carbonyl (C=O) groups is 1. The van der Waals surface area contributed by atoms with E-state index in [1.807, 2.05) is 20.8 Å². The van der Waals surface area contributed by atoms with E-state index in [2.05, 4.69) is 21.5 Å². The number of rotatable bonds is 6. The molecule has 1 heterocycles. The highest BCUT2D eigenvalue weighted by molar-refractivity contribution is 5.68. The number of hydrogen-bond acceptors (Lipinski definition) is 4. The van der Waals surface area contributed by atoms with Crippen LogP contribution in [-0.2, 0) is 4.74 Å². The van der Waals surface area contributed by atoms with Crippen molar-refractivity contribution in [3.05, 3.63) is 0 Å². The maximum atomic E-state index is 12.0. The van der Waals surface area contributed by atoms with Crippen LogP contribution in [-0.4, -0.2) is 54.9 Å². The zero-order valence-corrected chi connectivity index (χ0v) is 14.7. The third kappa shape index (κ3) is 6.80. The third-order valence-corrected chi connectivity index (χ3v) is 4.42. The Balaban J connectivity index is 1.71. The fourth-order valence-corrected chi connectivity index (χ4v) is 3.01. The van der Waals surface area contributed by atoms with Crippen LogP contribution in [0.4, 0.5) is 4.79 Å². The van der Waals surface area contributed by atoms with Gasteiger partial charge in [-0.1, -0.05) is 5.92 Å². The van der Waals surface area contributed by atoms with Crippen molar-refractivity contribution in [1.82, 2.24) is 15.5 Å². The Bertz CT molecular complexity index is 427. The second-order valence-electron chi connectivity index (χ2n) is 7.75. The highest BCUT2D eigenvalue weighted by Crippen LogP contribution is 2.32. The van der Waals surface area contributed by atoms with E-state index in [4.69, 9.17) is 11.2 Å². The van der Waals surface area contributed by atoms with Crippen LogP contribution in [0, 0.1) is 18.3 Å². The number of nitrogens with one attached hydrogen (secondary N) is 2. The van der Waals surface area contributed by atoms with E-state index in [1.165, 1.54) is 12.8 Å². The molecule has 2 aliphatic rings. The number of hydrogen-bond donors (Lipinski definition) is 2. The number of likely N-dealkylation sites (tertiary alicyclic amines) is 1. The van der Waals surface area contributed by atoms with E-state index < -0.39 is 5.60 Å². The Morgan fingerprint density at radius 1 is 1.30 bits per heavy atom. The van der Waals surface area contributed by atoms with Crippen molar-refractivity contribution in [2.24, 2.45) is 5.92 Å². The average molecular weight is 321 g/mol. The molecule has 0 bridgehead atoms. The monoisotopic (exact) mass is 321 g/mol. The summed E-state index contributed by atoms with van der Waals surface area (Å²) in [6, 6.07) is 0.694. The molecule has 5 heteroatoms. The van der Waals surface area contributed by atoms with Crippen molar-refractivity contribution in [3.63, 3.8) is 0 Å². The Hall–Kier alpha value is -1.25. The molecule has 1 saturated carbocycles. The van der Waals surface area contributed by atoms with Gasteiger partial charge in [-0.05, 0) is 52.4 Å². The fraction of sp³-hybridized carbons (Fsp3) is 0.833. The summed E-state index contributed by atoms with van der Waals surface area (Å²) in [5.74, 6) is 3.30. The lowest BCUT2D eigenvalue weighted by atomic mass is 10.0. The molecule has 0 radical (unpaired) electrons. The Morgan fingerprint density at radius 3 is 2.48 bits per heavy atom. The van der Waals surface area contributed by atoms with Crippen molar-refractivity contribution in [2.45, 2.75) is 64.1 Å². The van der Waals surface area contributed by atoms with Crippen molar-refractivity contribution in [1.29, 1.82) is 0 Å². The first-order valence-electron chi connectivity index (χ1n) is 8.76. The average Bonchev–Trinajstić information content (AvgIpc) is 3.28. The number of terminal acetylenes is 1. The lowest BCUT2D eigenvalue weighted by Gasteiger charge is -2.32. The van der Waals surface area contributed by atoms with Crippen LogP contribution in [0.2, 0.25) is 0 Å². The molecule has 1 saturated heterocycles. The van der Waals surface area contributed by atoms with Crippen LogP contribution in [0.15, 0.2) is 0 Å². The van der Waals surface area contributed by atoms with Crippen molar-refractivity contribution < 1.29 is 9.53 Å².